The third-order valence-corrected chi connectivity index (χ3v) is 2.65. The standard InChI is InChI=1S/C11H5F3N4O2/c12-4-1-3(2-5(13)6(4)14)8-15-7-9(16-8)17-11(20)18-10(7)19/h1-2H,(H3,15,16,17,18,19,20). The lowest BCUT2D eigenvalue weighted by Crippen LogP contribution is -2.21. The van der Waals surface area contributed by atoms with Gasteiger partial charge in [0.15, 0.2) is 23.1 Å². The fourth-order valence-electron chi connectivity index (χ4n) is 1.76. The van der Waals surface area contributed by atoms with E-state index in [0.717, 1.165) is 12.1 Å². The number of H-pyrrole nitrogens is 3. The Bertz CT molecular complexity index is 918. The summed E-state index contributed by atoms with van der Waals surface area (Å²) in [5, 5.41) is 0. The Labute approximate surface area is 107 Å². The molecule has 0 unspecified atom stereocenters. The molecule has 102 valence electrons. The van der Waals surface area contributed by atoms with Crippen molar-refractivity contribution < 1.29 is 13.2 Å². The lowest BCUT2D eigenvalue weighted by Gasteiger charge is -1.99. The van der Waals surface area contributed by atoms with E-state index in [0.29, 0.717) is 0 Å². The molecular formula is C11H5F3N4O2. The summed E-state index contributed by atoms with van der Waals surface area (Å²) in [6.45, 7) is 0. The van der Waals surface area contributed by atoms with Crippen LogP contribution >= 0.6 is 0 Å². The number of nitrogens with zero attached hydrogens (tertiary/aromatic N) is 1. The Morgan fingerprint density at radius 3 is 2.25 bits per heavy atom. The van der Waals surface area contributed by atoms with Crippen molar-refractivity contribution in [3.63, 3.8) is 0 Å². The van der Waals surface area contributed by atoms with E-state index >= 15 is 0 Å². The highest BCUT2D eigenvalue weighted by Gasteiger charge is 2.15. The van der Waals surface area contributed by atoms with Gasteiger partial charge in [0.1, 0.15) is 11.3 Å². The first-order valence-corrected chi connectivity index (χ1v) is 5.33. The molecule has 0 saturated carbocycles. The zero-order valence-corrected chi connectivity index (χ0v) is 9.55. The Morgan fingerprint density at radius 1 is 0.950 bits per heavy atom. The lowest BCUT2D eigenvalue weighted by molar-refractivity contribution is 0.447. The van der Waals surface area contributed by atoms with E-state index in [1.165, 1.54) is 0 Å². The topological polar surface area (TPSA) is 94.4 Å². The van der Waals surface area contributed by atoms with Gasteiger partial charge in [-0.1, -0.05) is 0 Å². The number of hydrogen-bond acceptors (Lipinski definition) is 3. The first-order chi connectivity index (χ1) is 9.45. The minimum atomic E-state index is -1.60. The highest BCUT2D eigenvalue weighted by atomic mass is 19.2. The maximum absolute atomic E-state index is 13.1. The highest BCUT2D eigenvalue weighted by molar-refractivity contribution is 5.74. The first kappa shape index (κ1) is 12.2. The third-order valence-electron chi connectivity index (χ3n) is 2.65. The van der Waals surface area contributed by atoms with Crippen LogP contribution in [-0.2, 0) is 0 Å². The summed E-state index contributed by atoms with van der Waals surface area (Å²) in [5.41, 5.74) is -1.73. The molecule has 0 amide bonds. The van der Waals surface area contributed by atoms with Gasteiger partial charge in [-0.2, -0.15) is 0 Å². The van der Waals surface area contributed by atoms with Gasteiger partial charge in [0.2, 0.25) is 0 Å². The van der Waals surface area contributed by atoms with E-state index in [1.807, 2.05) is 4.98 Å². The molecule has 0 aliphatic rings. The van der Waals surface area contributed by atoms with Crippen molar-refractivity contribution in [2.75, 3.05) is 0 Å². The van der Waals surface area contributed by atoms with Gasteiger partial charge >= 0.3 is 5.69 Å². The number of hydrogen-bond donors (Lipinski definition) is 3. The number of imidazole rings is 1. The molecule has 3 aromatic rings. The van der Waals surface area contributed by atoms with Crippen molar-refractivity contribution in [3.8, 4) is 11.4 Å². The summed E-state index contributed by atoms with van der Waals surface area (Å²) in [7, 11) is 0. The number of aromatic amines is 3. The van der Waals surface area contributed by atoms with E-state index in [2.05, 4.69) is 15.0 Å². The Hall–Kier alpha value is -2.84. The average Bonchev–Trinajstić information content (AvgIpc) is 2.79. The van der Waals surface area contributed by atoms with Crippen molar-refractivity contribution in [2.24, 2.45) is 0 Å². The van der Waals surface area contributed by atoms with Gasteiger partial charge in [-0.05, 0) is 12.1 Å². The Morgan fingerprint density at radius 2 is 1.60 bits per heavy atom. The zero-order chi connectivity index (χ0) is 14.4. The van der Waals surface area contributed by atoms with Crippen molar-refractivity contribution >= 4 is 11.2 Å². The van der Waals surface area contributed by atoms with Gasteiger partial charge in [0.05, 0.1) is 0 Å². The molecule has 0 aliphatic carbocycles. The fourth-order valence-corrected chi connectivity index (χ4v) is 1.76. The number of fused-ring (bicyclic) bond motifs is 1. The predicted octanol–water partition coefficient (Wildman–Crippen LogP) is 1.02. The van der Waals surface area contributed by atoms with Crippen LogP contribution in [0.25, 0.3) is 22.6 Å². The van der Waals surface area contributed by atoms with Crippen LogP contribution in [0.5, 0.6) is 0 Å². The second-order valence-electron chi connectivity index (χ2n) is 3.97. The molecule has 3 rings (SSSR count). The summed E-state index contributed by atoms with van der Waals surface area (Å²) in [6, 6.07) is 1.45. The molecule has 1 aromatic carbocycles. The molecule has 0 atom stereocenters. The molecule has 0 saturated heterocycles. The minimum absolute atomic E-state index is 0.0651. The number of benzene rings is 1. The molecule has 2 aromatic heterocycles. The van der Waals surface area contributed by atoms with Crippen molar-refractivity contribution in [2.45, 2.75) is 0 Å². The van der Waals surface area contributed by atoms with E-state index in [1.54, 1.807) is 0 Å². The van der Waals surface area contributed by atoms with Gasteiger partial charge < -0.3 is 4.98 Å². The normalized spacial score (nSPS) is 11.2. The second-order valence-corrected chi connectivity index (χ2v) is 3.97. The molecule has 20 heavy (non-hydrogen) atoms. The summed E-state index contributed by atoms with van der Waals surface area (Å²) >= 11 is 0. The Balaban J connectivity index is 2.28. The third kappa shape index (κ3) is 1.79. The van der Waals surface area contributed by atoms with Crippen LogP contribution in [0.1, 0.15) is 0 Å². The summed E-state index contributed by atoms with van der Waals surface area (Å²) in [4.78, 5) is 33.1. The molecule has 9 heteroatoms. The number of halogens is 3. The van der Waals surface area contributed by atoms with Crippen LogP contribution in [0.2, 0.25) is 0 Å². The number of aromatic nitrogens is 4. The minimum Gasteiger partial charge on any atom is -0.332 e. The van der Waals surface area contributed by atoms with Crippen LogP contribution < -0.4 is 11.2 Å². The molecule has 2 heterocycles. The molecule has 0 bridgehead atoms. The van der Waals surface area contributed by atoms with E-state index in [9.17, 15) is 22.8 Å². The molecule has 0 aliphatic heterocycles. The smallest absolute Gasteiger partial charge is 0.327 e. The van der Waals surface area contributed by atoms with Crippen LogP contribution in [0.3, 0.4) is 0 Å². The SMILES string of the molecule is O=c1[nH]c(=O)c2[nH]c(-c3cc(F)c(F)c(F)c3)nc2[nH]1. The van der Waals surface area contributed by atoms with Gasteiger partial charge in [0.25, 0.3) is 5.56 Å². The molecule has 6 nitrogen and oxygen atoms in total. The average molecular weight is 282 g/mol. The van der Waals surface area contributed by atoms with Crippen molar-refractivity contribution in [1.29, 1.82) is 0 Å². The quantitative estimate of drug-likeness (QED) is 0.582. The zero-order valence-electron chi connectivity index (χ0n) is 9.55. The van der Waals surface area contributed by atoms with Crippen molar-refractivity contribution in [1.82, 2.24) is 19.9 Å². The number of rotatable bonds is 1. The van der Waals surface area contributed by atoms with Crippen molar-refractivity contribution in [3.05, 3.63) is 50.4 Å². The van der Waals surface area contributed by atoms with E-state index in [-0.39, 0.29) is 22.6 Å². The van der Waals surface area contributed by atoms with E-state index in [4.69, 9.17) is 0 Å². The summed E-state index contributed by atoms with van der Waals surface area (Å²) in [5.74, 6) is -4.45. The van der Waals surface area contributed by atoms with Crippen LogP contribution in [0, 0.1) is 17.5 Å². The van der Waals surface area contributed by atoms with Crippen LogP contribution in [0.4, 0.5) is 13.2 Å². The van der Waals surface area contributed by atoms with Crippen LogP contribution in [-0.4, -0.2) is 19.9 Å². The van der Waals surface area contributed by atoms with Gasteiger partial charge in [-0.25, -0.2) is 22.9 Å². The largest absolute Gasteiger partial charge is 0.332 e. The maximum atomic E-state index is 13.1. The Kier molecular flexibility index (Phi) is 2.49. The van der Waals surface area contributed by atoms with Gasteiger partial charge in [0, 0.05) is 5.56 Å². The predicted molar refractivity (Wildman–Crippen MR) is 62.6 cm³/mol. The maximum Gasteiger partial charge on any atom is 0.327 e. The second kappa shape index (κ2) is 4.08. The van der Waals surface area contributed by atoms with Gasteiger partial charge in [-0.3, -0.25) is 14.8 Å². The molecule has 0 fully saturated rings. The fraction of sp³-hybridized carbons (Fsp3) is 0. The van der Waals surface area contributed by atoms with E-state index < -0.39 is 28.7 Å². The number of nitrogens with one attached hydrogen (secondary N) is 3. The molecular weight excluding hydrogens is 277 g/mol. The van der Waals surface area contributed by atoms with Crippen LogP contribution in [0.15, 0.2) is 21.7 Å². The first-order valence-electron chi connectivity index (χ1n) is 5.33. The molecule has 3 N–H and O–H groups in total. The summed E-state index contributed by atoms with van der Waals surface area (Å²) < 4.78 is 39.1. The molecule has 0 spiro atoms. The lowest BCUT2D eigenvalue weighted by atomic mass is 10.2. The summed E-state index contributed by atoms with van der Waals surface area (Å²) in [6.07, 6.45) is 0. The molecule has 0 radical (unpaired) electrons. The van der Waals surface area contributed by atoms with Gasteiger partial charge in [-0.15, -0.1) is 0 Å². The monoisotopic (exact) mass is 282 g/mol. The highest BCUT2D eigenvalue weighted by Crippen LogP contribution is 2.22.